The number of aliphatic hydroxyl groups excluding tert-OH is 1. The number of rotatable bonds is 7. The summed E-state index contributed by atoms with van der Waals surface area (Å²) < 4.78 is 21.5. The molecule has 6 heteroatoms. The normalized spacial score (nSPS) is 13.6. The summed E-state index contributed by atoms with van der Waals surface area (Å²) in [6, 6.07) is 11.2. The molecule has 2 aromatic carbocycles. The molecule has 0 saturated heterocycles. The fourth-order valence-corrected chi connectivity index (χ4v) is 2.74. The predicted octanol–water partition coefficient (Wildman–Crippen LogP) is 2.26. The summed E-state index contributed by atoms with van der Waals surface area (Å²) in [7, 11) is 3.22. The van der Waals surface area contributed by atoms with E-state index in [0.29, 0.717) is 23.8 Å². The van der Waals surface area contributed by atoms with Crippen LogP contribution in [0.1, 0.15) is 17.2 Å². The monoisotopic (exact) mass is 331 g/mol. The molecule has 0 unspecified atom stereocenters. The highest BCUT2D eigenvalue weighted by Crippen LogP contribution is 2.35. The second kappa shape index (κ2) is 7.42. The Bertz CT molecular complexity index is 704. The van der Waals surface area contributed by atoms with Gasteiger partial charge in [0.2, 0.25) is 6.79 Å². The Morgan fingerprint density at radius 1 is 1.12 bits per heavy atom. The number of ether oxygens (including phenoxy) is 4. The van der Waals surface area contributed by atoms with E-state index in [0.717, 1.165) is 16.9 Å². The van der Waals surface area contributed by atoms with Gasteiger partial charge in [-0.15, -0.1) is 0 Å². The molecule has 6 nitrogen and oxygen atoms in total. The molecule has 1 aliphatic heterocycles. The van der Waals surface area contributed by atoms with Gasteiger partial charge in [-0.05, 0) is 23.8 Å². The molecule has 1 atom stereocenters. The summed E-state index contributed by atoms with van der Waals surface area (Å²) in [6.45, 7) is 0.725. The maximum absolute atomic E-state index is 9.74. The molecule has 0 saturated carbocycles. The Balaban J connectivity index is 1.75. The third-order valence-electron chi connectivity index (χ3n) is 4.00. The van der Waals surface area contributed by atoms with Gasteiger partial charge >= 0.3 is 0 Å². The first-order valence-electron chi connectivity index (χ1n) is 7.70. The summed E-state index contributed by atoms with van der Waals surface area (Å²) in [5.74, 6) is 2.80. The van der Waals surface area contributed by atoms with E-state index < -0.39 is 0 Å². The van der Waals surface area contributed by atoms with Crippen LogP contribution in [0.2, 0.25) is 0 Å². The van der Waals surface area contributed by atoms with Crippen molar-refractivity contribution in [3.63, 3.8) is 0 Å². The lowest BCUT2D eigenvalue weighted by molar-refractivity contribution is 0.174. The maximum Gasteiger partial charge on any atom is 0.231 e. The second-order valence-corrected chi connectivity index (χ2v) is 5.38. The van der Waals surface area contributed by atoms with Gasteiger partial charge in [0.15, 0.2) is 23.0 Å². The van der Waals surface area contributed by atoms with Gasteiger partial charge in [-0.1, -0.05) is 18.2 Å². The molecule has 0 spiro atoms. The van der Waals surface area contributed by atoms with Crippen molar-refractivity contribution in [2.24, 2.45) is 0 Å². The van der Waals surface area contributed by atoms with E-state index in [1.807, 2.05) is 36.4 Å². The number of fused-ring (bicyclic) bond motifs is 1. The van der Waals surface area contributed by atoms with Gasteiger partial charge in [0.05, 0.1) is 26.9 Å². The van der Waals surface area contributed by atoms with Crippen molar-refractivity contribution in [1.82, 2.24) is 5.32 Å². The number of hydrogen-bond acceptors (Lipinski definition) is 6. The molecule has 0 fully saturated rings. The first-order chi connectivity index (χ1) is 11.8. The van der Waals surface area contributed by atoms with E-state index in [1.54, 1.807) is 14.2 Å². The van der Waals surface area contributed by atoms with Crippen LogP contribution in [-0.4, -0.2) is 32.7 Å². The van der Waals surface area contributed by atoms with Gasteiger partial charge in [-0.2, -0.15) is 0 Å². The zero-order chi connectivity index (χ0) is 16.9. The lowest BCUT2D eigenvalue weighted by atomic mass is 10.1. The summed E-state index contributed by atoms with van der Waals surface area (Å²) in [6.07, 6.45) is 0. The minimum atomic E-state index is -0.226. The van der Waals surface area contributed by atoms with Gasteiger partial charge in [0.25, 0.3) is 0 Å². The standard InChI is InChI=1S/C18H21NO5/c1-21-16-5-3-4-13(18(16)22-2)9-19-14(10-20)12-6-7-15-17(8-12)24-11-23-15/h3-8,14,19-20H,9-11H2,1-2H3/t14-/m1/s1. The molecule has 24 heavy (non-hydrogen) atoms. The van der Waals surface area contributed by atoms with E-state index >= 15 is 0 Å². The highest BCUT2D eigenvalue weighted by atomic mass is 16.7. The Hall–Kier alpha value is -2.44. The van der Waals surface area contributed by atoms with Crippen LogP contribution in [0.15, 0.2) is 36.4 Å². The molecule has 0 aliphatic carbocycles. The van der Waals surface area contributed by atoms with Crippen molar-refractivity contribution in [3.05, 3.63) is 47.5 Å². The van der Waals surface area contributed by atoms with Crippen LogP contribution < -0.4 is 24.3 Å². The van der Waals surface area contributed by atoms with Crippen molar-refractivity contribution < 1.29 is 24.1 Å². The average Bonchev–Trinajstić information content (AvgIpc) is 3.09. The van der Waals surface area contributed by atoms with Crippen LogP contribution in [0.4, 0.5) is 0 Å². The minimum Gasteiger partial charge on any atom is -0.493 e. The van der Waals surface area contributed by atoms with Crippen molar-refractivity contribution >= 4 is 0 Å². The number of methoxy groups -OCH3 is 2. The van der Waals surface area contributed by atoms with Crippen LogP contribution in [0.5, 0.6) is 23.0 Å². The molecule has 128 valence electrons. The summed E-state index contributed by atoms with van der Waals surface area (Å²) in [5, 5.41) is 13.1. The Labute approximate surface area is 140 Å². The Kier molecular flexibility index (Phi) is 5.08. The third kappa shape index (κ3) is 3.25. The molecule has 1 heterocycles. The largest absolute Gasteiger partial charge is 0.493 e. The fraction of sp³-hybridized carbons (Fsp3) is 0.333. The van der Waals surface area contributed by atoms with E-state index in [1.165, 1.54) is 0 Å². The van der Waals surface area contributed by atoms with E-state index in [2.05, 4.69) is 5.32 Å². The van der Waals surface area contributed by atoms with Crippen LogP contribution in [0.25, 0.3) is 0 Å². The predicted molar refractivity (Wildman–Crippen MR) is 88.8 cm³/mol. The van der Waals surface area contributed by atoms with Gasteiger partial charge < -0.3 is 29.4 Å². The van der Waals surface area contributed by atoms with Crippen molar-refractivity contribution in [2.75, 3.05) is 27.6 Å². The molecule has 0 aromatic heterocycles. The quantitative estimate of drug-likeness (QED) is 0.811. The zero-order valence-electron chi connectivity index (χ0n) is 13.7. The SMILES string of the molecule is COc1cccc(CN[C@H](CO)c2ccc3c(c2)OCO3)c1OC. The third-order valence-corrected chi connectivity index (χ3v) is 4.00. The van der Waals surface area contributed by atoms with Crippen LogP contribution in [0.3, 0.4) is 0 Å². The van der Waals surface area contributed by atoms with Gasteiger partial charge in [-0.3, -0.25) is 0 Å². The summed E-state index contributed by atoms with van der Waals surface area (Å²) in [4.78, 5) is 0. The number of nitrogens with one attached hydrogen (secondary N) is 1. The summed E-state index contributed by atoms with van der Waals surface area (Å²) in [5.41, 5.74) is 1.89. The van der Waals surface area contributed by atoms with Gasteiger partial charge in [0, 0.05) is 12.1 Å². The van der Waals surface area contributed by atoms with E-state index in [4.69, 9.17) is 18.9 Å². The van der Waals surface area contributed by atoms with Crippen LogP contribution in [0, 0.1) is 0 Å². The highest BCUT2D eigenvalue weighted by Gasteiger charge is 2.18. The van der Waals surface area contributed by atoms with Crippen LogP contribution >= 0.6 is 0 Å². The lowest BCUT2D eigenvalue weighted by Crippen LogP contribution is -2.24. The first kappa shape index (κ1) is 16.4. The smallest absolute Gasteiger partial charge is 0.231 e. The number of hydrogen-bond donors (Lipinski definition) is 2. The molecule has 0 radical (unpaired) electrons. The molecule has 2 aromatic rings. The van der Waals surface area contributed by atoms with Crippen molar-refractivity contribution in [2.45, 2.75) is 12.6 Å². The highest BCUT2D eigenvalue weighted by molar-refractivity contribution is 5.47. The molecule has 3 rings (SSSR count). The average molecular weight is 331 g/mol. The van der Waals surface area contributed by atoms with Gasteiger partial charge in [-0.25, -0.2) is 0 Å². The first-order valence-corrected chi connectivity index (χ1v) is 7.70. The van der Waals surface area contributed by atoms with E-state index in [-0.39, 0.29) is 19.4 Å². The number of benzene rings is 2. The second-order valence-electron chi connectivity index (χ2n) is 5.38. The number of aliphatic hydroxyl groups is 1. The molecular formula is C18H21NO5. The van der Waals surface area contributed by atoms with Gasteiger partial charge in [0.1, 0.15) is 0 Å². The lowest BCUT2D eigenvalue weighted by Gasteiger charge is -2.19. The molecule has 2 N–H and O–H groups in total. The van der Waals surface area contributed by atoms with Crippen molar-refractivity contribution in [1.29, 1.82) is 0 Å². The Morgan fingerprint density at radius 3 is 2.71 bits per heavy atom. The van der Waals surface area contributed by atoms with Crippen LogP contribution in [-0.2, 0) is 6.54 Å². The maximum atomic E-state index is 9.74. The topological polar surface area (TPSA) is 69.2 Å². The molecule has 0 amide bonds. The van der Waals surface area contributed by atoms with Crippen molar-refractivity contribution in [3.8, 4) is 23.0 Å². The molecule has 0 bridgehead atoms. The van der Waals surface area contributed by atoms with E-state index in [9.17, 15) is 5.11 Å². The Morgan fingerprint density at radius 2 is 1.96 bits per heavy atom. The molecular weight excluding hydrogens is 310 g/mol. The fourth-order valence-electron chi connectivity index (χ4n) is 2.74. The molecule has 1 aliphatic rings. The minimum absolute atomic E-state index is 0.0358. The number of para-hydroxylation sites is 1. The zero-order valence-corrected chi connectivity index (χ0v) is 13.7. The summed E-state index contributed by atoms with van der Waals surface area (Å²) >= 11 is 0.